The molecule has 4 aliphatic carbocycles. The molecule has 5 aliphatic rings. The molecule has 1 heterocycles. The summed E-state index contributed by atoms with van der Waals surface area (Å²) in [4.78, 5) is 10.5. The van der Waals surface area contributed by atoms with Crippen LogP contribution in [0, 0.1) is 11.8 Å². The first-order chi connectivity index (χ1) is 25.0. The molecule has 0 bridgehead atoms. The maximum Gasteiger partial charge on any atom is 0.169 e. The highest BCUT2D eigenvalue weighted by Gasteiger charge is 2.38. The Hall–Kier alpha value is -6.06. The van der Waals surface area contributed by atoms with Crippen LogP contribution in [0.2, 0.25) is 0 Å². The van der Waals surface area contributed by atoms with Crippen molar-refractivity contribution in [3.05, 3.63) is 208 Å². The second kappa shape index (κ2) is 11.5. The van der Waals surface area contributed by atoms with Gasteiger partial charge in [0.1, 0.15) is 11.7 Å². The van der Waals surface area contributed by atoms with E-state index in [2.05, 4.69) is 171 Å². The number of rotatable bonds is 4. The zero-order valence-electron chi connectivity index (χ0n) is 28.7. The van der Waals surface area contributed by atoms with Crippen LogP contribution in [0.25, 0.3) is 27.8 Å². The smallest absolute Gasteiger partial charge is 0.169 e. The van der Waals surface area contributed by atoms with E-state index in [-0.39, 0.29) is 23.4 Å². The van der Waals surface area contributed by atoms with Crippen molar-refractivity contribution in [2.75, 3.05) is 0 Å². The maximum absolute atomic E-state index is 5.24. The number of benzene rings is 5. The third-order valence-corrected chi connectivity index (χ3v) is 11.4. The Kier molecular flexibility index (Phi) is 6.72. The highest BCUT2D eigenvalue weighted by Crippen LogP contribution is 2.51. The number of amidine groups is 2. The summed E-state index contributed by atoms with van der Waals surface area (Å²) in [6.45, 7) is 4.70. The van der Waals surface area contributed by atoms with Crippen molar-refractivity contribution in [2.45, 2.75) is 25.4 Å². The molecule has 0 saturated carbocycles. The summed E-state index contributed by atoms with van der Waals surface area (Å²) in [5, 5.41) is 6.18. The fraction of sp³-hybridized carbons (Fsp3) is 0.125. The fourth-order valence-electron chi connectivity index (χ4n) is 8.89. The molecule has 0 spiro atoms. The largest absolute Gasteiger partial charge is 0.324 e. The molecule has 2 unspecified atom stereocenters. The molecule has 0 fully saturated rings. The van der Waals surface area contributed by atoms with Gasteiger partial charge in [-0.05, 0) is 66.6 Å². The summed E-state index contributed by atoms with van der Waals surface area (Å²) < 4.78 is 0. The maximum atomic E-state index is 5.24. The Morgan fingerprint density at radius 2 is 1.20 bits per heavy atom. The van der Waals surface area contributed by atoms with Gasteiger partial charge in [-0.2, -0.15) is 0 Å². The van der Waals surface area contributed by atoms with Gasteiger partial charge in [-0.25, -0.2) is 9.98 Å². The first-order valence-corrected chi connectivity index (χ1v) is 17.9. The molecule has 244 valence electrons. The van der Waals surface area contributed by atoms with Gasteiger partial charge >= 0.3 is 0 Å². The average molecular weight is 656 g/mol. The lowest BCUT2D eigenvalue weighted by Crippen LogP contribution is -2.41. The molecule has 51 heavy (non-hydrogen) atoms. The SMILES string of the molecule is CC1(C)c2ccccc2-c2cc(C3=CC=CC4=c5ccccc5=C5C=CC(C6N=C(c7ccccc7)NC(c7ccccc7)=N6)=CC5C34)ccc21. The zero-order chi connectivity index (χ0) is 34.1. The molecular formula is C48H37N3. The Labute approximate surface area is 298 Å². The number of nitrogens with one attached hydrogen (secondary N) is 1. The lowest BCUT2D eigenvalue weighted by molar-refractivity contribution is 0.660. The number of aliphatic imine (C=N–C) groups is 2. The first kappa shape index (κ1) is 29.8. The minimum atomic E-state index is -0.375. The van der Waals surface area contributed by atoms with E-state index in [1.807, 2.05) is 12.1 Å². The van der Waals surface area contributed by atoms with Crippen LogP contribution in [0.4, 0.5) is 0 Å². The van der Waals surface area contributed by atoms with E-state index in [4.69, 9.17) is 9.98 Å². The van der Waals surface area contributed by atoms with Crippen molar-refractivity contribution < 1.29 is 0 Å². The van der Waals surface area contributed by atoms with Crippen LogP contribution >= 0.6 is 0 Å². The van der Waals surface area contributed by atoms with Gasteiger partial charge < -0.3 is 5.32 Å². The zero-order valence-corrected chi connectivity index (χ0v) is 28.7. The molecule has 10 rings (SSSR count). The summed E-state index contributed by atoms with van der Waals surface area (Å²) in [6, 6.07) is 45.8. The van der Waals surface area contributed by atoms with Crippen LogP contribution in [-0.2, 0) is 5.41 Å². The molecule has 1 aliphatic heterocycles. The van der Waals surface area contributed by atoms with Crippen molar-refractivity contribution in [1.82, 2.24) is 5.32 Å². The topological polar surface area (TPSA) is 36.8 Å². The quantitative estimate of drug-likeness (QED) is 0.207. The first-order valence-electron chi connectivity index (χ1n) is 17.9. The molecule has 0 radical (unpaired) electrons. The molecule has 3 nitrogen and oxygen atoms in total. The molecule has 2 atom stereocenters. The van der Waals surface area contributed by atoms with Gasteiger partial charge in [0.15, 0.2) is 6.17 Å². The molecular weight excluding hydrogens is 619 g/mol. The minimum absolute atomic E-state index is 0.0216. The summed E-state index contributed by atoms with van der Waals surface area (Å²) in [6.07, 6.45) is 13.6. The normalized spacial score (nSPS) is 20.8. The van der Waals surface area contributed by atoms with Gasteiger partial charge in [0.2, 0.25) is 0 Å². The van der Waals surface area contributed by atoms with Gasteiger partial charge in [0, 0.05) is 28.4 Å². The van der Waals surface area contributed by atoms with Gasteiger partial charge in [-0.3, -0.25) is 0 Å². The summed E-state index contributed by atoms with van der Waals surface area (Å²) in [5.74, 6) is 1.95. The average Bonchev–Trinajstić information content (AvgIpc) is 3.43. The number of hydrogen-bond acceptors (Lipinski definition) is 3. The van der Waals surface area contributed by atoms with Crippen LogP contribution in [0.3, 0.4) is 0 Å². The monoisotopic (exact) mass is 655 g/mol. The second-order valence-corrected chi connectivity index (χ2v) is 14.6. The highest BCUT2D eigenvalue weighted by molar-refractivity contribution is 6.16. The number of hydrogen-bond donors (Lipinski definition) is 1. The number of allylic oxidation sites excluding steroid dienone is 6. The standard InChI is InChI=1S/C48H37N3/c1-48(2)42-23-12-11-20-38(42)40-28-32(25-27-43(40)48)34-21-13-22-39-36-19-10-9-18-35(36)37-26-24-33(29-41(37)44(34)39)47-50-45(30-14-5-3-6-15-30)49-46(51-47)31-16-7-4-8-17-31/h3-29,41,44,47H,1-2H3,(H,49,50,51). The third-order valence-electron chi connectivity index (χ3n) is 11.4. The fourth-order valence-corrected chi connectivity index (χ4v) is 8.89. The predicted molar refractivity (Wildman–Crippen MR) is 211 cm³/mol. The van der Waals surface area contributed by atoms with E-state index in [9.17, 15) is 0 Å². The summed E-state index contributed by atoms with van der Waals surface area (Å²) in [5.41, 5.74) is 14.1. The van der Waals surface area contributed by atoms with E-state index in [0.717, 1.165) is 28.4 Å². The van der Waals surface area contributed by atoms with Gasteiger partial charge in [-0.15, -0.1) is 0 Å². The van der Waals surface area contributed by atoms with E-state index >= 15 is 0 Å². The lowest BCUT2D eigenvalue weighted by Gasteiger charge is -2.37. The number of nitrogens with zero attached hydrogens (tertiary/aromatic N) is 2. The van der Waals surface area contributed by atoms with Crippen molar-refractivity contribution in [1.29, 1.82) is 0 Å². The van der Waals surface area contributed by atoms with Gasteiger partial charge in [0.05, 0.1) is 0 Å². The van der Waals surface area contributed by atoms with Crippen LogP contribution in [0.5, 0.6) is 0 Å². The molecule has 0 amide bonds. The van der Waals surface area contributed by atoms with Crippen molar-refractivity contribution in [3.63, 3.8) is 0 Å². The van der Waals surface area contributed by atoms with E-state index < -0.39 is 0 Å². The van der Waals surface area contributed by atoms with E-state index in [0.29, 0.717) is 0 Å². The lowest BCUT2D eigenvalue weighted by atomic mass is 9.67. The third kappa shape index (κ3) is 4.72. The van der Waals surface area contributed by atoms with Crippen LogP contribution in [0.1, 0.15) is 41.7 Å². The van der Waals surface area contributed by atoms with E-state index in [1.54, 1.807) is 0 Å². The highest BCUT2D eigenvalue weighted by atomic mass is 15.2. The van der Waals surface area contributed by atoms with Crippen molar-refractivity contribution >= 4 is 28.4 Å². The molecule has 3 heteroatoms. The second-order valence-electron chi connectivity index (χ2n) is 14.6. The predicted octanol–water partition coefficient (Wildman–Crippen LogP) is 8.51. The van der Waals surface area contributed by atoms with E-state index in [1.165, 1.54) is 55.0 Å². The van der Waals surface area contributed by atoms with Crippen molar-refractivity contribution in [3.8, 4) is 11.1 Å². The minimum Gasteiger partial charge on any atom is -0.324 e. The van der Waals surface area contributed by atoms with Crippen LogP contribution in [0.15, 0.2) is 179 Å². The number of fused-ring (bicyclic) bond motifs is 7. The Balaban J connectivity index is 1.12. The Morgan fingerprint density at radius 3 is 1.92 bits per heavy atom. The molecule has 0 saturated heterocycles. The van der Waals surface area contributed by atoms with Gasteiger partial charge in [0.25, 0.3) is 0 Å². The summed E-state index contributed by atoms with van der Waals surface area (Å²) in [7, 11) is 0. The van der Waals surface area contributed by atoms with Crippen molar-refractivity contribution in [2.24, 2.45) is 21.8 Å². The van der Waals surface area contributed by atoms with Gasteiger partial charge in [-0.1, -0.05) is 172 Å². The molecule has 0 aromatic heterocycles. The molecule has 5 aromatic carbocycles. The molecule has 5 aromatic rings. The van der Waals surface area contributed by atoms with Crippen LogP contribution in [-0.4, -0.2) is 17.8 Å². The Bertz CT molecular complexity index is 2520. The van der Waals surface area contributed by atoms with Crippen LogP contribution < -0.4 is 15.8 Å². The summed E-state index contributed by atoms with van der Waals surface area (Å²) >= 11 is 0. The molecule has 1 N–H and O–H groups in total. The Morgan fingerprint density at radius 1 is 0.569 bits per heavy atom.